The SMILES string of the molecule is CCCOc1cnc(N)nc1N[C@@H](CCC)CCO.S. The van der Waals surface area contributed by atoms with Crippen LogP contribution in [0.4, 0.5) is 11.8 Å². The number of nitrogen functional groups attached to an aromatic ring is 1. The van der Waals surface area contributed by atoms with Crippen LogP contribution < -0.4 is 15.8 Å². The highest BCUT2D eigenvalue weighted by atomic mass is 32.1. The third kappa shape index (κ3) is 6.29. The van der Waals surface area contributed by atoms with Crippen LogP contribution in [0.3, 0.4) is 0 Å². The topological polar surface area (TPSA) is 93.3 Å². The van der Waals surface area contributed by atoms with Gasteiger partial charge in [0, 0.05) is 12.6 Å². The maximum absolute atomic E-state index is 9.08. The second-order valence-corrected chi connectivity index (χ2v) is 4.43. The van der Waals surface area contributed by atoms with Gasteiger partial charge in [0.15, 0.2) is 11.6 Å². The van der Waals surface area contributed by atoms with E-state index in [2.05, 4.69) is 22.2 Å². The number of hydrogen-bond donors (Lipinski definition) is 3. The Hall–Kier alpha value is -1.21. The zero-order chi connectivity index (χ0) is 14.1. The van der Waals surface area contributed by atoms with E-state index in [4.69, 9.17) is 15.6 Å². The van der Waals surface area contributed by atoms with Gasteiger partial charge in [-0.25, -0.2) is 4.98 Å². The van der Waals surface area contributed by atoms with E-state index < -0.39 is 0 Å². The number of ether oxygens (including phenoxy) is 1. The van der Waals surface area contributed by atoms with E-state index in [1.807, 2.05) is 6.92 Å². The number of nitrogens with one attached hydrogen (secondary N) is 1. The summed E-state index contributed by atoms with van der Waals surface area (Å²) in [5.41, 5.74) is 5.61. The smallest absolute Gasteiger partial charge is 0.222 e. The van der Waals surface area contributed by atoms with E-state index in [-0.39, 0.29) is 32.1 Å². The van der Waals surface area contributed by atoms with E-state index in [1.54, 1.807) is 6.20 Å². The van der Waals surface area contributed by atoms with Crippen molar-refractivity contribution < 1.29 is 9.84 Å². The molecule has 0 amide bonds. The lowest BCUT2D eigenvalue weighted by molar-refractivity contribution is 0.276. The van der Waals surface area contributed by atoms with Crippen LogP contribution in [0.25, 0.3) is 0 Å². The lowest BCUT2D eigenvalue weighted by Gasteiger charge is -2.19. The standard InChI is InChI=1S/C13H24N4O2.H2S/c1-3-5-10(6-7-18)16-12-11(19-8-4-2)9-15-13(14)17-12;/h9-10,18H,3-8H2,1-2H3,(H3,14,15,16,17);1H2/t10-;/m0./s1. The van der Waals surface area contributed by atoms with Crippen molar-refractivity contribution in [3.63, 3.8) is 0 Å². The summed E-state index contributed by atoms with van der Waals surface area (Å²) in [7, 11) is 0. The molecule has 0 saturated heterocycles. The molecule has 20 heavy (non-hydrogen) atoms. The van der Waals surface area contributed by atoms with Gasteiger partial charge in [0.25, 0.3) is 0 Å². The molecule has 6 nitrogen and oxygen atoms in total. The van der Waals surface area contributed by atoms with Gasteiger partial charge < -0.3 is 20.9 Å². The van der Waals surface area contributed by atoms with Gasteiger partial charge >= 0.3 is 0 Å². The number of hydrogen-bond acceptors (Lipinski definition) is 6. The van der Waals surface area contributed by atoms with Crippen LogP contribution >= 0.6 is 13.5 Å². The Morgan fingerprint density at radius 1 is 1.35 bits per heavy atom. The van der Waals surface area contributed by atoms with Gasteiger partial charge in [-0.05, 0) is 19.3 Å². The lowest BCUT2D eigenvalue weighted by atomic mass is 10.1. The quantitative estimate of drug-likeness (QED) is 0.645. The maximum atomic E-state index is 9.08. The predicted molar refractivity (Wildman–Crippen MR) is 86.6 cm³/mol. The fourth-order valence-electron chi connectivity index (χ4n) is 1.79. The van der Waals surface area contributed by atoms with Gasteiger partial charge in [-0.2, -0.15) is 18.5 Å². The van der Waals surface area contributed by atoms with Gasteiger partial charge in [-0.1, -0.05) is 20.3 Å². The lowest BCUT2D eigenvalue weighted by Crippen LogP contribution is -2.22. The molecule has 0 aliphatic carbocycles. The van der Waals surface area contributed by atoms with Gasteiger partial charge in [-0.15, -0.1) is 0 Å². The minimum atomic E-state index is 0. The van der Waals surface area contributed by atoms with Crippen LogP contribution in [0.2, 0.25) is 0 Å². The highest BCUT2D eigenvalue weighted by molar-refractivity contribution is 7.59. The first-order valence-corrected chi connectivity index (χ1v) is 6.83. The van der Waals surface area contributed by atoms with Crippen LogP contribution in [0.5, 0.6) is 5.75 Å². The highest BCUT2D eigenvalue weighted by Gasteiger charge is 2.13. The Kier molecular flexibility index (Phi) is 9.92. The van der Waals surface area contributed by atoms with Gasteiger partial charge in [0.05, 0.1) is 12.8 Å². The summed E-state index contributed by atoms with van der Waals surface area (Å²) in [6.45, 7) is 4.90. The molecule has 0 bridgehead atoms. The minimum absolute atomic E-state index is 0. The van der Waals surface area contributed by atoms with Gasteiger partial charge in [0.2, 0.25) is 5.95 Å². The Balaban J connectivity index is 0.00000361. The number of nitrogens with zero attached hydrogens (tertiary/aromatic N) is 2. The maximum Gasteiger partial charge on any atom is 0.222 e. The summed E-state index contributed by atoms with van der Waals surface area (Å²) in [4.78, 5) is 8.12. The van der Waals surface area contributed by atoms with E-state index in [1.165, 1.54) is 0 Å². The van der Waals surface area contributed by atoms with Crippen molar-refractivity contribution >= 4 is 25.3 Å². The summed E-state index contributed by atoms with van der Waals surface area (Å²) in [5.74, 6) is 1.42. The predicted octanol–water partition coefficient (Wildman–Crippen LogP) is 1.92. The summed E-state index contributed by atoms with van der Waals surface area (Å²) in [5, 5.41) is 12.4. The molecule has 1 rings (SSSR count). The fraction of sp³-hybridized carbons (Fsp3) is 0.692. The fourth-order valence-corrected chi connectivity index (χ4v) is 1.79. The van der Waals surface area contributed by atoms with Gasteiger partial charge in [-0.3, -0.25) is 0 Å². The molecular weight excluding hydrogens is 276 g/mol. The molecule has 0 aliphatic rings. The average Bonchev–Trinajstić information content (AvgIpc) is 2.38. The normalized spacial score (nSPS) is 11.6. The van der Waals surface area contributed by atoms with E-state index in [0.29, 0.717) is 24.6 Å². The number of anilines is 2. The van der Waals surface area contributed by atoms with Crippen LogP contribution in [0.15, 0.2) is 6.20 Å². The molecule has 1 atom stereocenters. The van der Waals surface area contributed by atoms with Crippen LogP contribution in [-0.2, 0) is 0 Å². The van der Waals surface area contributed by atoms with Crippen LogP contribution in [0.1, 0.15) is 39.5 Å². The van der Waals surface area contributed by atoms with Crippen molar-refractivity contribution in [3.8, 4) is 5.75 Å². The Morgan fingerprint density at radius 3 is 2.70 bits per heavy atom. The molecule has 1 aromatic rings. The Morgan fingerprint density at radius 2 is 2.10 bits per heavy atom. The number of aliphatic hydroxyl groups excluding tert-OH is 1. The first-order chi connectivity index (χ1) is 9.21. The van der Waals surface area contributed by atoms with E-state index in [0.717, 1.165) is 19.3 Å². The molecular formula is C13H26N4O2S. The molecule has 0 aromatic carbocycles. The van der Waals surface area contributed by atoms with Crippen molar-refractivity contribution in [3.05, 3.63) is 6.20 Å². The average molecular weight is 302 g/mol. The zero-order valence-corrected chi connectivity index (χ0v) is 13.2. The largest absolute Gasteiger partial charge is 0.488 e. The second kappa shape index (κ2) is 10.6. The molecule has 0 radical (unpaired) electrons. The second-order valence-electron chi connectivity index (χ2n) is 4.43. The molecule has 7 heteroatoms. The minimum Gasteiger partial charge on any atom is -0.488 e. The Labute approximate surface area is 127 Å². The van der Waals surface area contributed by atoms with Gasteiger partial charge in [0.1, 0.15) is 0 Å². The number of aromatic nitrogens is 2. The molecule has 0 fully saturated rings. The van der Waals surface area contributed by atoms with Crippen LogP contribution in [-0.4, -0.2) is 34.3 Å². The van der Waals surface area contributed by atoms with Crippen molar-refractivity contribution in [2.24, 2.45) is 0 Å². The van der Waals surface area contributed by atoms with Crippen molar-refractivity contribution in [2.45, 2.75) is 45.6 Å². The van der Waals surface area contributed by atoms with Crippen LogP contribution in [0, 0.1) is 0 Å². The first kappa shape index (κ1) is 18.8. The number of rotatable bonds is 9. The number of aliphatic hydroxyl groups is 1. The van der Waals surface area contributed by atoms with Crippen molar-refractivity contribution in [1.29, 1.82) is 0 Å². The third-order valence-electron chi connectivity index (χ3n) is 2.69. The molecule has 0 saturated carbocycles. The monoisotopic (exact) mass is 302 g/mol. The Bertz CT molecular complexity index is 373. The molecule has 4 N–H and O–H groups in total. The number of nitrogens with two attached hydrogens (primary N) is 1. The molecule has 0 spiro atoms. The van der Waals surface area contributed by atoms with Crippen molar-refractivity contribution in [2.75, 3.05) is 24.3 Å². The van der Waals surface area contributed by atoms with Crippen molar-refractivity contribution in [1.82, 2.24) is 9.97 Å². The molecule has 1 aromatic heterocycles. The van der Waals surface area contributed by atoms with E-state index in [9.17, 15) is 0 Å². The summed E-state index contributed by atoms with van der Waals surface area (Å²) >= 11 is 0. The molecule has 0 unspecified atom stereocenters. The first-order valence-electron chi connectivity index (χ1n) is 6.83. The third-order valence-corrected chi connectivity index (χ3v) is 2.69. The highest BCUT2D eigenvalue weighted by Crippen LogP contribution is 2.23. The molecule has 0 aliphatic heterocycles. The molecule has 116 valence electrons. The summed E-state index contributed by atoms with van der Waals surface area (Å²) in [6, 6.07) is 0.160. The summed E-state index contributed by atoms with van der Waals surface area (Å²) in [6.07, 6.45) is 5.16. The summed E-state index contributed by atoms with van der Waals surface area (Å²) < 4.78 is 5.59. The zero-order valence-electron chi connectivity index (χ0n) is 12.2. The van der Waals surface area contributed by atoms with E-state index >= 15 is 0 Å². The molecule has 1 heterocycles.